The van der Waals surface area contributed by atoms with E-state index in [0.717, 1.165) is 19.4 Å². The van der Waals surface area contributed by atoms with Gasteiger partial charge in [0.2, 0.25) is 5.91 Å². The number of piperidine rings is 1. The van der Waals surface area contributed by atoms with Crippen molar-refractivity contribution in [1.82, 2.24) is 14.9 Å². The van der Waals surface area contributed by atoms with E-state index in [1.165, 1.54) is 0 Å². The Hall–Kier alpha value is -1.85. The molecule has 0 radical (unpaired) electrons. The number of carboxylic acids is 1. The molecule has 6 heteroatoms. The number of nitrogens with one attached hydrogen (secondary N) is 1. The fourth-order valence-corrected chi connectivity index (χ4v) is 2.37. The summed E-state index contributed by atoms with van der Waals surface area (Å²) >= 11 is 0. The molecule has 2 N–H and O–H groups in total. The third kappa shape index (κ3) is 2.37. The fourth-order valence-electron chi connectivity index (χ4n) is 2.37. The van der Waals surface area contributed by atoms with Crippen LogP contribution in [-0.2, 0) is 4.79 Å². The number of nitrogens with zero attached hydrogens (tertiary/aromatic N) is 2. The highest BCUT2D eigenvalue weighted by atomic mass is 16.4. The minimum atomic E-state index is -1.02. The summed E-state index contributed by atoms with van der Waals surface area (Å²) < 4.78 is 0. The molecule has 1 aromatic heterocycles. The number of carbonyl (C=O) groups excluding carboxylic acids is 1. The van der Waals surface area contributed by atoms with Gasteiger partial charge in [-0.3, -0.25) is 4.79 Å². The Bertz CT molecular complexity index is 481. The van der Waals surface area contributed by atoms with Crippen LogP contribution in [0.15, 0.2) is 0 Å². The Morgan fingerprint density at radius 3 is 2.78 bits per heavy atom. The lowest BCUT2D eigenvalue weighted by Crippen LogP contribution is -2.37. The maximum Gasteiger partial charge on any atom is 0.356 e. The average Bonchev–Trinajstić information content (AvgIpc) is 2.71. The van der Waals surface area contributed by atoms with Gasteiger partial charge in [-0.15, -0.1) is 0 Å². The van der Waals surface area contributed by atoms with Gasteiger partial charge >= 0.3 is 5.97 Å². The van der Waals surface area contributed by atoms with Crippen LogP contribution in [0.3, 0.4) is 0 Å². The smallest absolute Gasteiger partial charge is 0.356 e. The molecule has 0 spiro atoms. The number of hydrogen-bond acceptors (Lipinski definition) is 3. The lowest BCUT2D eigenvalue weighted by atomic mass is 9.97. The minimum Gasteiger partial charge on any atom is -0.476 e. The molecule has 0 aromatic carbocycles. The Morgan fingerprint density at radius 2 is 2.22 bits per heavy atom. The first kappa shape index (κ1) is 12.6. The van der Waals surface area contributed by atoms with Gasteiger partial charge in [-0.2, -0.15) is 0 Å². The standard InChI is InChI=1S/C12H17N3O3/c1-7-10(12(17)18)14-11(13-7)9-4-3-5-15(6-9)8(2)16/h9H,3-6H2,1-2H3,(H,13,14)(H,17,18). The monoisotopic (exact) mass is 251 g/mol. The topological polar surface area (TPSA) is 86.3 Å². The number of carboxylic acid groups (broad SMARTS) is 1. The zero-order valence-electron chi connectivity index (χ0n) is 10.6. The number of hydrogen-bond donors (Lipinski definition) is 2. The predicted molar refractivity (Wildman–Crippen MR) is 64.5 cm³/mol. The molecule has 98 valence electrons. The van der Waals surface area contributed by atoms with Crippen molar-refractivity contribution in [3.8, 4) is 0 Å². The molecule has 1 amide bonds. The van der Waals surface area contributed by atoms with Gasteiger partial charge in [0.15, 0.2) is 5.69 Å². The highest BCUT2D eigenvalue weighted by Gasteiger charge is 2.26. The van der Waals surface area contributed by atoms with Gasteiger partial charge in [0.25, 0.3) is 0 Å². The van der Waals surface area contributed by atoms with Crippen molar-refractivity contribution in [2.24, 2.45) is 0 Å². The van der Waals surface area contributed by atoms with Crippen molar-refractivity contribution in [1.29, 1.82) is 0 Å². The summed E-state index contributed by atoms with van der Waals surface area (Å²) in [5.74, 6) is -0.180. The summed E-state index contributed by atoms with van der Waals surface area (Å²) in [6, 6.07) is 0. The third-order valence-electron chi connectivity index (χ3n) is 3.36. The van der Waals surface area contributed by atoms with Crippen molar-refractivity contribution in [3.05, 3.63) is 17.2 Å². The lowest BCUT2D eigenvalue weighted by molar-refractivity contribution is -0.130. The summed E-state index contributed by atoms with van der Waals surface area (Å²) in [6.07, 6.45) is 1.85. The van der Waals surface area contributed by atoms with Gasteiger partial charge in [-0.25, -0.2) is 9.78 Å². The number of aromatic nitrogens is 2. The van der Waals surface area contributed by atoms with Crippen LogP contribution >= 0.6 is 0 Å². The molecule has 1 aliphatic rings. The summed E-state index contributed by atoms with van der Waals surface area (Å²) in [7, 11) is 0. The van der Waals surface area contributed by atoms with Crippen LogP contribution < -0.4 is 0 Å². The molecular weight excluding hydrogens is 234 g/mol. The van der Waals surface area contributed by atoms with Crippen LogP contribution in [0.1, 0.15) is 47.7 Å². The normalized spacial score (nSPS) is 19.9. The van der Waals surface area contributed by atoms with E-state index in [1.807, 2.05) is 0 Å². The van der Waals surface area contributed by atoms with Crippen LogP contribution in [0, 0.1) is 6.92 Å². The van der Waals surface area contributed by atoms with Gasteiger partial charge in [-0.1, -0.05) is 0 Å². The molecule has 1 fully saturated rings. The quantitative estimate of drug-likeness (QED) is 0.825. The van der Waals surface area contributed by atoms with E-state index in [0.29, 0.717) is 18.1 Å². The predicted octanol–water partition coefficient (Wildman–Crippen LogP) is 1.14. The maximum atomic E-state index is 11.4. The molecule has 0 saturated carbocycles. The van der Waals surface area contributed by atoms with E-state index in [4.69, 9.17) is 5.11 Å². The fraction of sp³-hybridized carbons (Fsp3) is 0.583. The molecule has 2 rings (SSSR count). The molecule has 1 aliphatic heterocycles. The number of aromatic carboxylic acids is 1. The number of amides is 1. The van der Waals surface area contributed by atoms with Crippen molar-refractivity contribution >= 4 is 11.9 Å². The second kappa shape index (κ2) is 4.80. The maximum absolute atomic E-state index is 11.4. The van der Waals surface area contributed by atoms with E-state index in [-0.39, 0.29) is 17.5 Å². The summed E-state index contributed by atoms with van der Waals surface area (Å²) in [5, 5.41) is 8.97. The van der Waals surface area contributed by atoms with Crippen LogP contribution in [0.4, 0.5) is 0 Å². The SMILES string of the molecule is CC(=O)N1CCCC(c2nc(C(=O)O)c(C)[nH]2)C1. The summed E-state index contributed by atoms with van der Waals surface area (Å²) in [6.45, 7) is 4.64. The molecular formula is C12H17N3O3. The molecule has 1 atom stereocenters. The van der Waals surface area contributed by atoms with E-state index in [2.05, 4.69) is 9.97 Å². The molecule has 1 aromatic rings. The van der Waals surface area contributed by atoms with Gasteiger partial charge in [0.1, 0.15) is 5.82 Å². The average molecular weight is 251 g/mol. The molecule has 1 unspecified atom stereocenters. The van der Waals surface area contributed by atoms with Crippen LogP contribution in [-0.4, -0.2) is 44.9 Å². The number of carbonyl (C=O) groups is 2. The van der Waals surface area contributed by atoms with E-state index >= 15 is 0 Å². The number of imidazole rings is 1. The van der Waals surface area contributed by atoms with Crippen LogP contribution in [0.5, 0.6) is 0 Å². The number of likely N-dealkylation sites (tertiary alicyclic amines) is 1. The van der Waals surface area contributed by atoms with Crippen molar-refractivity contribution in [3.63, 3.8) is 0 Å². The molecule has 18 heavy (non-hydrogen) atoms. The van der Waals surface area contributed by atoms with Gasteiger partial charge in [-0.05, 0) is 19.8 Å². The first-order valence-electron chi connectivity index (χ1n) is 6.04. The highest BCUT2D eigenvalue weighted by Crippen LogP contribution is 2.25. The van der Waals surface area contributed by atoms with E-state index in [1.54, 1.807) is 18.7 Å². The van der Waals surface area contributed by atoms with Crippen LogP contribution in [0.25, 0.3) is 0 Å². The third-order valence-corrected chi connectivity index (χ3v) is 3.36. The van der Waals surface area contributed by atoms with Gasteiger partial charge in [0, 0.05) is 31.6 Å². The van der Waals surface area contributed by atoms with E-state index in [9.17, 15) is 9.59 Å². The van der Waals surface area contributed by atoms with Crippen molar-refractivity contribution in [2.75, 3.05) is 13.1 Å². The Morgan fingerprint density at radius 1 is 1.50 bits per heavy atom. The second-order valence-corrected chi connectivity index (χ2v) is 4.70. The zero-order valence-corrected chi connectivity index (χ0v) is 10.6. The second-order valence-electron chi connectivity index (χ2n) is 4.70. The first-order valence-corrected chi connectivity index (χ1v) is 6.04. The van der Waals surface area contributed by atoms with Gasteiger partial charge in [0.05, 0.1) is 0 Å². The van der Waals surface area contributed by atoms with Crippen molar-refractivity contribution in [2.45, 2.75) is 32.6 Å². The Kier molecular flexibility index (Phi) is 3.36. The number of H-pyrrole nitrogens is 1. The molecule has 0 aliphatic carbocycles. The molecule has 6 nitrogen and oxygen atoms in total. The van der Waals surface area contributed by atoms with Crippen LogP contribution in [0.2, 0.25) is 0 Å². The number of rotatable bonds is 2. The zero-order chi connectivity index (χ0) is 13.3. The molecule has 0 bridgehead atoms. The summed E-state index contributed by atoms with van der Waals surface area (Å²) in [5.41, 5.74) is 0.641. The largest absolute Gasteiger partial charge is 0.476 e. The van der Waals surface area contributed by atoms with Crippen molar-refractivity contribution < 1.29 is 14.7 Å². The minimum absolute atomic E-state index is 0.0569. The number of aryl methyl sites for hydroxylation is 1. The molecule has 2 heterocycles. The Labute approximate surface area is 105 Å². The summed E-state index contributed by atoms with van der Waals surface area (Å²) in [4.78, 5) is 31.2. The molecule has 1 saturated heterocycles. The number of aromatic amines is 1. The Balaban J connectivity index is 2.18. The first-order chi connectivity index (χ1) is 8.49. The van der Waals surface area contributed by atoms with E-state index < -0.39 is 5.97 Å². The van der Waals surface area contributed by atoms with Gasteiger partial charge < -0.3 is 15.0 Å². The lowest BCUT2D eigenvalue weighted by Gasteiger charge is -2.30. The highest BCUT2D eigenvalue weighted by molar-refractivity contribution is 5.86.